The van der Waals surface area contributed by atoms with Crippen LogP contribution in [0.2, 0.25) is 5.02 Å². The van der Waals surface area contributed by atoms with Crippen molar-refractivity contribution in [3.05, 3.63) is 16.4 Å². The average Bonchev–Trinajstić information content (AvgIpc) is 2.55. The van der Waals surface area contributed by atoms with Gasteiger partial charge in [-0.1, -0.05) is 51.6 Å². The fourth-order valence-electron chi connectivity index (χ4n) is 2.33. The minimum absolute atomic E-state index is 0.343. The van der Waals surface area contributed by atoms with E-state index < -0.39 is 0 Å². The van der Waals surface area contributed by atoms with Crippen LogP contribution >= 0.6 is 11.6 Å². The monoisotopic (exact) mass is 285 g/mol. The SMILES string of the molecule is CCCCCC(C)(C)CNCc1c(Cl)c(C)nn1C. The molecule has 0 amide bonds. The summed E-state index contributed by atoms with van der Waals surface area (Å²) < 4.78 is 1.87. The molecule has 0 saturated heterocycles. The van der Waals surface area contributed by atoms with Crippen LogP contribution in [0.3, 0.4) is 0 Å². The van der Waals surface area contributed by atoms with Gasteiger partial charge in [0.05, 0.1) is 16.4 Å². The molecule has 110 valence electrons. The summed E-state index contributed by atoms with van der Waals surface area (Å²) in [6, 6.07) is 0. The van der Waals surface area contributed by atoms with Crippen LogP contribution in [0.4, 0.5) is 0 Å². The smallest absolute Gasteiger partial charge is 0.0860 e. The third-order valence-corrected chi connectivity index (χ3v) is 4.11. The van der Waals surface area contributed by atoms with Crippen LogP contribution in [0.5, 0.6) is 0 Å². The molecule has 3 nitrogen and oxygen atoms in total. The van der Waals surface area contributed by atoms with Crippen LogP contribution in [-0.2, 0) is 13.6 Å². The maximum Gasteiger partial charge on any atom is 0.0860 e. The highest BCUT2D eigenvalue weighted by molar-refractivity contribution is 6.31. The summed E-state index contributed by atoms with van der Waals surface area (Å²) >= 11 is 6.24. The minimum atomic E-state index is 0.343. The third kappa shape index (κ3) is 5.15. The topological polar surface area (TPSA) is 29.9 Å². The summed E-state index contributed by atoms with van der Waals surface area (Å²) in [7, 11) is 1.95. The van der Waals surface area contributed by atoms with E-state index in [9.17, 15) is 0 Å². The van der Waals surface area contributed by atoms with E-state index in [1.165, 1.54) is 25.7 Å². The second-order valence-electron chi connectivity index (χ2n) is 6.19. The lowest BCUT2D eigenvalue weighted by Gasteiger charge is -2.25. The van der Waals surface area contributed by atoms with Crippen molar-refractivity contribution in [3.63, 3.8) is 0 Å². The molecule has 0 aliphatic rings. The molecule has 0 radical (unpaired) electrons. The predicted molar refractivity (Wildman–Crippen MR) is 82.6 cm³/mol. The molecule has 1 aromatic rings. The van der Waals surface area contributed by atoms with Crippen LogP contribution in [0.25, 0.3) is 0 Å². The van der Waals surface area contributed by atoms with E-state index >= 15 is 0 Å². The molecule has 0 aliphatic carbocycles. The van der Waals surface area contributed by atoms with Crippen molar-refractivity contribution >= 4 is 11.6 Å². The Labute approximate surface area is 122 Å². The number of nitrogens with zero attached hydrogens (tertiary/aromatic N) is 2. The Morgan fingerprint density at radius 3 is 2.53 bits per heavy atom. The summed E-state index contributed by atoms with van der Waals surface area (Å²) in [5.41, 5.74) is 2.32. The van der Waals surface area contributed by atoms with E-state index in [2.05, 4.69) is 31.2 Å². The maximum atomic E-state index is 6.24. The van der Waals surface area contributed by atoms with Crippen LogP contribution < -0.4 is 5.32 Å². The molecule has 1 N–H and O–H groups in total. The van der Waals surface area contributed by atoms with Crippen molar-refractivity contribution in [2.45, 2.75) is 59.9 Å². The van der Waals surface area contributed by atoms with Crippen LogP contribution in [0.15, 0.2) is 0 Å². The summed E-state index contributed by atoms with van der Waals surface area (Å²) in [6.07, 6.45) is 5.20. The fourth-order valence-corrected chi connectivity index (χ4v) is 2.56. The van der Waals surface area contributed by atoms with E-state index in [1.54, 1.807) is 0 Å². The number of halogens is 1. The molecule has 1 heterocycles. The largest absolute Gasteiger partial charge is 0.311 e. The first-order chi connectivity index (χ1) is 8.87. The molecule has 0 unspecified atom stereocenters. The van der Waals surface area contributed by atoms with Crippen molar-refractivity contribution in [2.24, 2.45) is 12.5 Å². The molecule has 0 atom stereocenters. The van der Waals surface area contributed by atoms with Gasteiger partial charge in [-0.3, -0.25) is 4.68 Å². The molecule has 0 saturated carbocycles. The second-order valence-corrected chi connectivity index (χ2v) is 6.57. The number of unbranched alkanes of at least 4 members (excludes halogenated alkanes) is 2. The van der Waals surface area contributed by atoms with Gasteiger partial charge in [0.1, 0.15) is 0 Å². The predicted octanol–water partition coefficient (Wildman–Crippen LogP) is 4.08. The van der Waals surface area contributed by atoms with Gasteiger partial charge < -0.3 is 5.32 Å². The number of aromatic nitrogens is 2. The van der Waals surface area contributed by atoms with Crippen molar-refractivity contribution in [3.8, 4) is 0 Å². The Balaban J connectivity index is 2.40. The number of rotatable bonds is 8. The van der Waals surface area contributed by atoms with Gasteiger partial charge in [-0.15, -0.1) is 0 Å². The Bertz CT molecular complexity index is 396. The lowest BCUT2D eigenvalue weighted by molar-refractivity contribution is 0.300. The van der Waals surface area contributed by atoms with Gasteiger partial charge in [0, 0.05) is 20.1 Å². The summed E-state index contributed by atoms with van der Waals surface area (Å²) in [6.45, 7) is 10.6. The van der Waals surface area contributed by atoms with Crippen molar-refractivity contribution in [1.82, 2.24) is 15.1 Å². The fraction of sp³-hybridized carbons (Fsp3) is 0.800. The van der Waals surface area contributed by atoms with Crippen LogP contribution in [0.1, 0.15) is 57.8 Å². The zero-order chi connectivity index (χ0) is 14.5. The molecule has 19 heavy (non-hydrogen) atoms. The third-order valence-electron chi connectivity index (χ3n) is 3.61. The zero-order valence-corrected chi connectivity index (χ0v) is 13.8. The molecule has 1 aromatic heterocycles. The van der Waals surface area contributed by atoms with E-state index in [0.29, 0.717) is 5.41 Å². The first-order valence-electron chi connectivity index (χ1n) is 7.26. The molecule has 4 heteroatoms. The molecule has 1 rings (SSSR count). The molecular formula is C15H28ClN3. The van der Waals surface area contributed by atoms with Gasteiger partial charge in [0.15, 0.2) is 0 Å². The molecule has 0 aliphatic heterocycles. The van der Waals surface area contributed by atoms with Gasteiger partial charge in [0.2, 0.25) is 0 Å². The van der Waals surface area contributed by atoms with E-state index in [0.717, 1.165) is 29.5 Å². The Kier molecular flexibility index (Phi) is 6.34. The lowest BCUT2D eigenvalue weighted by atomic mass is 9.87. The molecular weight excluding hydrogens is 258 g/mol. The maximum absolute atomic E-state index is 6.24. The lowest BCUT2D eigenvalue weighted by Crippen LogP contribution is -2.29. The molecule has 0 fully saturated rings. The Hall–Kier alpha value is -0.540. The molecule has 0 aromatic carbocycles. The quantitative estimate of drug-likeness (QED) is 0.730. The highest BCUT2D eigenvalue weighted by Gasteiger charge is 2.17. The van der Waals surface area contributed by atoms with Gasteiger partial charge >= 0.3 is 0 Å². The highest BCUT2D eigenvalue weighted by atomic mass is 35.5. The van der Waals surface area contributed by atoms with Crippen molar-refractivity contribution in [2.75, 3.05) is 6.54 Å². The van der Waals surface area contributed by atoms with Crippen LogP contribution in [-0.4, -0.2) is 16.3 Å². The average molecular weight is 286 g/mol. The van der Waals surface area contributed by atoms with Gasteiger partial charge in [-0.05, 0) is 18.8 Å². The van der Waals surface area contributed by atoms with Gasteiger partial charge in [-0.2, -0.15) is 5.10 Å². The Morgan fingerprint density at radius 2 is 2.00 bits per heavy atom. The first kappa shape index (κ1) is 16.5. The number of hydrogen-bond acceptors (Lipinski definition) is 2. The second kappa shape index (κ2) is 7.30. The van der Waals surface area contributed by atoms with Gasteiger partial charge in [-0.25, -0.2) is 0 Å². The van der Waals surface area contributed by atoms with E-state index in [4.69, 9.17) is 11.6 Å². The molecule has 0 spiro atoms. The Morgan fingerprint density at radius 1 is 1.32 bits per heavy atom. The molecule has 0 bridgehead atoms. The van der Waals surface area contributed by atoms with E-state index in [-0.39, 0.29) is 0 Å². The van der Waals surface area contributed by atoms with Gasteiger partial charge in [0.25, 0.3) is 0 Å². The number of hydrogen-bond donors (Lipinski definition) is 1. The number of aryl methyl sites for hydroxylation is 2. The van der Waals surface area contributed by atoms with Crippen LogP contribution in [0, 0.1) is 12.3 Å². The summed E-state index contributed by atoms with van der Waals surface area (Å²) in [4.78, 5) is 0. The standard InChI is InChI=1S/C15H28ClN3/c1-6-7-8-9-15(3,4)11-17-10-13-14(16)12(2)18-19(13)5/h17H,6-11H2,1-5H3. The highest BCUT2D eigenvalue weighted by Crippen LogP contribution is 2.23. The normalized spacial score (nSPS) is 12.1. The number of nitrogens with one attached hydrogen (secondary N) is 1. The van der Waals surface area contributed by atoms with Crippen molar-refractivity contribution in [1.29, 1.82) is 0 Å². The zero-order valence-electron chi connectivity index (χ0n) is 13.0. The summed E-state index contributed by atoms with van der Waals surface area (Å²) in [5, 5.41) is 8.64. The minimum Gasteiger partial charge on any atom is -0.311 e. The first-order valence-corrected chi connectivity index (χ1v) is 7.64. The van der Waals surface area contributed by atoms with Crippen molar-refractivity contribution < 1.29 is 0 Å². The van der Waals surface area contributed by atoms with E-state index in [1.807, 2.05) is 18.7 Å². The summed E-state index contributed by atoms with van der Waals surface area (Å²) in [5.74, 6) is 0.